The zero-order valence-electron chi connectivity index (χ0n) is 4.81. The topological polar surface area (TPSA) is 0 Å². The zero-order chi connectivity index (χ0) is 5.54. The summed E-state index contributed by atoms with van der Waals surface area (Å²) in [7, 11) is 0.364. The maximum atomic E-state index is 4.85. The van der Waals surface area contributed by atoms with Gasteiger partial charge in [-0.1, -0.05) is 27.1 Å². The summed E-state index contributed by atoms with van der Waals surface area (Å²) in [6.07, 6.45) is 5.40. The molecule has 2 heteroatoms. The van der Waals surface area contributed by atoms with E-state index >= 15 is 0 Å². The van der Waals surface area contributed by atoms with Crippen molar-refractivity contribution in [2.45, 2.75) is 26.2 Å². The molecule has 0 rings (SSSR count). The van der Waals surface area contributed by atoms with Gasteiger partial charge in [0, 0.05) is 0 Å². The van der Waals surface area contributed by atoms with Gasteiger partial charge >= 0.3 is 0 Å². The maximum Gasteiger partial charge on any atom is -0.0286 e. The number of rotatable bonds is 4. The molecule has 0 aromatic carbocycles. The molecule has 0 radical (unpaired) electrons. The molecule has 0 aliphatic carbocycles. The fraction of sp³-hybridized carbons (Fsp3) is 1.00. The van der Waals surface area contributed by atoms with Gasteiger partial charge in [0.2, 0.25) is 0 Å². The van der Waals surface area contributed by atoms with Crippen LogP contribution in [0.25, 0.3) is 0 Å². The van der Waals surface area contributed by atoms with Crippen molar-refractivity contribution in [1.82, 2.24) is 0 Å². The van der Waals surface area contributed by atoms with Gasteiger partial charge in [0.1, 0.15) is 0 Å². The molecule has 0 saturated carbocycles. The van der Waals surface area contributed by atoms with E-state index < -0.39 is 0 Å². The van der Waals surface area contributed by atoms with E-state index in [0.717, 1.165) is 0 Å². The summed E-state index contributed by atoms with van der Waals surface area (Å²) in [6, 6.07) is 0. The first kappa shape index (κ1) is 7.65. The van der Waals surface area contributed by atoms with Crippen molar-refractivity contribution in [2.24, 2.45) is 0 Å². The van der Waals surface area contributed by atoms with E-state index in [1.165, 1.54) is 25.4 Å². The molecule has 0 N–H and O–H groups in total. The average molecular weight is 136 g/mol. The maximum absolute atomic E-state index is 4.85. The number of unbranched alkanes of at least 4 members (excludes halogenated alkanes) is 2. The Morgan fingerprint density at radius 2 is 2.14 bits per heavy atom. The molecule has 0 fully saturated rings. The lowest BCUT2D eigenvalue weighted by Crippen LogP contribution is -1.71. The second-order valence-corrected chi connectivity index (χ2v) is 3.57. The normalized spacial score (nSPS) is 11.0. The van der Waals surface area contributed by atoms with Crippen LogP contribution in [0.1, 0.15) is 26.2 Å². The highest BCUT2D eigenvalue weighted by molar-refractivity contribution is 7.96. The Balaban J connectivity index is 2.56. The molecule has 1 unspecified atom stereocenters. The minimum atomic E-state index is 0.364. The Labute approximate surface area is 52.1 Å². The molecule has 0 heterocycles. The van der Waals surface area contributed by atoms with E-state index in [0.29, 0.717) is 7.36 Å². The molecule has 44 valence electrons. The highest BCUT2D eigenvalue weighted by atomic mass is 32.4. The van der Waals surface area contributed by atoms with Gasteiger partial charge in [-0.15, -0.1) is 11.8 Å². The third-order valence-corrected chi connectivity index (χ3v) is 2.28. The number of hydrogen-bond acceptors (Lipinski definition) is 1. The van der Waals surface area contributed by atoms with Gasteiger partial charge in [-0.2, -0.15) is 0 Å². The fourth-order valence-electron chi connectivity index (χ4n) is 0.478. The van der Waals surface area contributed by atoms with Gasteiger partial charge in [0.15, 0.2) is 0 Å². The molecular weight excluding hydrogens is 123 g/mol. The summed E-state index contributed by atoms with van der Waals surface area (Å²) in [5, 5.41) is 0. The minimum Gasteiger partial charge on any atom is -0.104 e. The second-order valence-electron chi connectivity index (χ2n) is 1.66. The third kappa shape index (κ3) is 6.65. The van der Waals surface area contributed by atoms with Crippen molar-refractivity contribution in [3.63, 3.8) is 0 Å². The van der Waals surface area contributed by atoms with E-state index in [4.69, 9.17) is 11.8 Å². The van der Waals surface area contributed by atoms with Crippen LogP contribution in [0.2, 0.25) is 0 Å². The Bertz CT molecular complexity index is 45.3. The Hall–Kier alpha value is 0.650. The lowest BCUT2D eigenvalue weighted by molar-refractivity contribution is 0.778. The molecule has 0 aromatic rings. The molecule has 7 heavy (non-hydrogen) atoms. The first-order valence-corrected chi connectivity index (χ1v) is 5.55. The van der Waals surface area contributed by atoms with E-state index in [-0.39, 0.29) is 0 Å². The van der Waals surface area contributed by atoms with E-state index in [1.807, 2.05) is 0 Å². The van der Waals surface area contributed by atoms with E-state index in [2.05, 4.69) is 6.92 Å². The monoisotopic (exact) mass is 136 g/mol. The Kier molecular flexibility index (Phi) is 7.27. The van der Waals surface area contributed by atoms with E-state index in [9.17, 15) is 0 Å². The Morgan fingerprint density at radius 1 is 1.43 bits per heavy atom. The highest BCUT2D eigenvalue weighted by Gasteiger charge is 1.77. The van der Waals surface area contributed by atoms with Crippen molar-refractivity contribution < 1.29 is 0 Å². The summed E-state index contributed by atoms with van der Waals surface area (Å²) in [4.78, 5) is 0. The third-order valence-electron chi connectivity index (χ3n) is 0.926. The average Bonchev–Trinajstić information content (AvgIpc) is 1.69. The van der Waals surface area contributed by atoms with Crippen LogP contribution >= 0.6 is 7.36 Å². The number of hydrogen-bond donors (Lipinski definition) is 0. The van der Waals surface area contributed by atoms with Gasteiger partial charge < -0.3 is 0 Å². The molecule has 0 aliphatic rings. The van der Waals surface area contributed by atoms with Crippen molar-refractivity contribution in [2.75, 3.05) is 6.16 Å². The standard InChI is InChI=1S/C5H13PS/c1-2-3-4-5-6-7/h2-6H2,1H3. The summed E-state index contributed by atoms with van der Waals surface area (Å²) in [5.74, 6) is 0. The van der Waals surface area contributed by atoms with Crippen LogP contribution in [0, 0.1) is 0 Å². The molecule has 0 saturated heterocycles. The highest BCUT2D eigenvalue weighted by Crippen LogP contribution is 2.00. The molecule has 0 amide bonds. The SMILES string of the molecule is CCCCC[PH2]=S. The van der Waals surface area contributed by atoms with Crippen LogP contribution in [0.5, 0.6) is 0 Å². The Morgan fingerprint density at radius 3 is 2.57 bits per heavy atom. The summed E-state index contributed by atoms with van der Waals surface area (Å²) in [5.41, 5.74) is 0. The first-order valence-electron chi connectivity index (χ1n) is 2.85. The minimum absolute atomic E-state index is 0.364. The van der Waals surface area contributed by atoms with Crippen molar-refractivity contribution in [3.05, 3.63) is 0 Å². The van der Waals surface area contributed by atoms with Gasteiger partial charge in [-0.25, -0.2) is 0 Å². The van der Waals surface area contributed by atoms with Gasteiger partial charge in [0.25, 0.3) is 0 Å². The molecule has 0 bridgehead atoms. The lowest BCUT2D eigenvalue weighted by atomic mass is 10.3. The predicted molar refractivity (Wildman–Crippen MR) is 41.5 cm³/mol. The van der Waals surface area contributed by atoms with Gasteiger partial charge in [0.05, 0.1) is 0 Å². The van der Waals surface area contributed by atoms with Crippen molar-refractivity contribution >= 4 is 19.2 Å². The van der Waals surface area contributed by atoms with Gasteiger partial charge in [-0.05, 0) is 12.6 Å². The molecule has 0 nitrogen and oxygen atoms in total. The van der Waals surface area contributed by atoms with Crippen LogP contribution in [-0.2, 0) is 11.8 Å². The summed E-state index contributed by atoms with van der Waals surface area (Å²) < 4.78 is 0. The smallest absolute Gasteiger partial charge is 0.0286 e. The van der Waals surface area contributed by atoms with Crippen LogP contribution in [0.4, 0.5) is 0 Å². The van der Waals surface area contributed by atoms with Crippen LogP contribution in [0.3, 0.4) is 0 Å². The van der Waals surface area contributed by atoms with Crippen LogP contribution in [-0.4, -0.2) is 6.16 Å². The molecule has 1 atom stereocenters. The van der Waals surface area contributed by atoms with Crippen molar-refractivity contribution in [1.29, 1.82) is 0 Å². The van der Waals surface area contributed by atoms with Crippen LogP contribution in [0.15, 0.2) is 0 Å². The lowest BCUT2D eigenvalue weighted by Gasteiger charge is -1.87. The van der Waals surface area contributed by atoms with E-state index in [1.54, 1.807) is 0 Å². The molecular formula is C5H13PS. The zero-order valence-corrected chi connectivity index (χ0v) is 6.79. The molecule has 0 aromatic heterocycles. The second kappa shape index (κ2) is 6.65. The largest absolute Gasteiger partial charge is 0.104 e. The van der Waals surface area contributed by atoms with Crippen LogP contribution < -0.4 is 0 Å². The summed E-state index contributed by atoms with van der Waals surface area (Å²) >= 11 is 4.85. The van der Waals surface area contributed by atoms with Gasteiger partial charge in [-0.3, -0.25) is 0 Å². The fourth-order valence-corrected chi connectivity index (χ4v) is 1.43. The molecule has 0 spiro atoms. The first-order chi connectivity index (χ1) is 3.41. The quantitative estimate of drug-likeness (QED) is 0.421. The van der Waals surface area contributed by atoms with Crippen molar-refractivity contribution in [3.8, 4) is 0 Å². The predicted octanol–water partition coefficient (Wildman–Crippen LogP) is 2.05. The summed E-state index contributed by atoms with van der Waals surface area (Å²) in [6.45, 7) is 2.22. The molecule has 0 aliphatic heterocycles.